The highest BCUT2D eigenvalue weighted by Crippen LogP contribution is 2.18. The highest BCUT2D eigenvalue weighted by atomic mass is 16.2. The van der Waals surface area contributed by atoms with Gasteiger partial charge in [0.15, 0.2) is 0 Å². The van der Waals surface area contributed by atoms with Crippen molar-refractivity contribution < 1.29 is 4.79 Å². The second-order valence-electron chi connectivity index (χ2n) is 6.85. The summed E-state index contributed by atoms with van der Waals surface area (Å²) in [6.07, 6.45) is 11.6. The van der Waals surface area contributed by atoms with Crippen LogP contribution in [-0.2, 0) is 11.3 Å². The van der Waals surface area contributed by atoms with Crippen LogP contribution in [0, 0.1) is 0 Å². The summed E-state index contributed by atoms with van der Waals surface area (Å²) in [7, 11) is 0. The van der Waals surface area contributed by atoms with E-state index in [1.165, 1.54) is 5.56 Å². The molecule has 5 heteroatoms. The zero-order valence-corrected chi connectivity index (χ0v) is 15.0. The molecular formula is C20H28N4O. The highest BCUT2D eigenvalue weighted by Gasteiger charge is 2.25. The first kappa shape index (κ1) is 17.7. The Kier molecular flexibility index (Phi) is 6.23. The summed E-state index contributed by atoms with van der Waals surface area (Å²) in [6.45, 7) is 5.14. The first-order chi connectivity index (χ1) is 12.3. The van der Waals surface area contributed by atoms with Crippen molar-refractivity contribution in [2.75, 3.05) is 13.1 Å². The third-order valence-corrected chi connectivity index (χ3v) is 4.94. The van der Waals surface area contributed by atoms with Gasteiger partial charge in [0.1, 0.15) is 6.04 Å². The van der Waals surface area contributed by atoms with E-state index in [1.807, 2.05) is 41.5 Å². The summed E-state index contributed by atoms with van der Waals surface area (Å²) in [5.74, 6) is 0.158. The first-order valence-electron chi connectivity index (χ1n) is 9.30. The van der Waals surface area contributed by atoms with E-state index < -0.39 is 0 Å². The van der Waals surface area contributed by atoms with Crippen LogP contribution in [0.4, 0.5) is 0 Å². The minimum Gasteiger partial charge on any atom is -0.351 e. The van der Waals surface area contributed by atoms with Gasteiger partial charge in [0, 0.05) is 50.5 Å². The number of carbonyl (C=O) groups is 1. The number of hydrogen-bond acceptors (Lipinski definition) is 3. The van der Waals surface area contributed by atoms with Crippen LogP contribution in [0.15, 0.2) is 49.1 Å². The number of aromatic nitrogens is 2. The van der Waals surface area contributed by atoms with Gasteiger partial charge < -0.3 is 9.88 Å². The molecule has 2 aromatic rings. The quantitative estimate of drug-likeness (QED) is 0.843. The highest BCUT2D eigenvalue weighted by molar-refractivity contribution is 5.80. The number of nitrogens with one attached hydrogen (secondary N) is 1. The number of amides is 1. The summed E-state index contributed by atoms with van der Waals surface area (Å²) in [5, 5.41) is 3.28. The SMILES string of the molecule is CCC[C@H](C(=O)NC1CCN(Cc2ccncc2)CC1)n1cccc1. The largest absolute Gasteiger partial charge is 0.351 e. The molecule has 0 bridgehead atoms. The molecule has 1 amide bonds. The van der Waals surface area contributed by atoms with Gasteiger partial charge >= 0.3 is 0 Å². The van der Waals surface area contributed by atoms with Crippen LogP contribution in [0.1, 0.15) is 44.2 Å². The standard InChI is InChI=1S/C20H28N4O/c1-2-5-19(24-12-3-4-13-24)20(25)22-18-8-14-23(15-9-18)16-17-6-10-21-11-7-17/h3-4,6-7,10-13,18-19H,2,5,8-9,14-16H2,1H3,(H,22,25)/t19-/m1/s1. The summed E-state index contributed by atoms with van der Waals surface area (Å²) in [4.78, 5) is 19.2. The summed E-state index contributed by atoms with van der Waals surface area (Å²) >= 11 is 0. The predicted octanol–water partition coefficient (Wildman–Crippen LogP) is 3.01. The molecule has 1 saturated heterocycles. The number of piperidine rings is 1. The number of rotatable bonds is 7. The Bertz CT molecular complexity index is 633. The molecule has 2 aromatic heterocycles. The van der Waals surface area contributed by atoms with Crippen LogP contribution in [0.3, 0.4) is 0 Å². The Hall–Kier alpha value is -2.14. The lowest BCUT2D eigenvalue weighted by atomic mass is 10.0. The van der Waals surface area contributed by atoms with Gasteiger partial charge in [-0.25, -0.2) is 0 Å². The van der Waals surface area contributed by atoms with Gasteiger partial charge in [-0.1, -0.05) is 13.3 Å². The minimum atomic E-state index is -0.0881. The van der Waals surface area contributed by atoms with Gasteiger partial charge in [-0.3, -0.25) is 14.7 Å². The van der Waals surface area contributed by atoms with Crippen molar-refractivity contribution in [2.24, 2.45) is 0 Å². The Morgan fingerprint density at radius 3 is 2.56 bits per heavy atom. The lowest BCUT2D eigenvalue weighted by Crippen LogP contribution is -2.46. The van der Waals surface area contributed by atoms with E-state index in [0.29, 0.717) is 0 Å². The molecule has 0 spiro atoms. The topological polar surface area (TPSA) is 50.2 Å². The number of pyridine rings is 1. The van der Waals surface area contributed by atoms with Crippen molar-refractivity contribution in [1.29, 1.82) is 0 Å². The summed E-state index contributed by atoms with van der Waals surface area (Å²) < 4.78 is 2.03. The fourth-order valence-corrected chi connectivity index (χ4v) is 3.52. The second-order valence-corrected chi connectivity index (χ2v) is 6.85. The van der Waals surface area contributed by atoms with E-state index >= 15 is 0 Å². The fraction of sp³-hybridized carbons (Fsp3) is 0.500. The van der Waals surface area contributed by atoms with Crippen LogP contribution in [-0.4, -0.2) is 39.5 Å². The molecular weight excluding hydrogens is 312 g/mol. The fourth-order valence-electron chi connectivity index (χ4n) is 3.52. The number of hydrogen-bond donors (Lipinski definition) is 1. The Balaban J connectivity index is 1.48. The third-order valence-electron chi connectivity index (χ3n) is 4.94. The van der Waals surface area contributed by atoms with E-state index in [-0.39, 0.29) is 18.0 Å². The maximum atomic E-state index is 12.7. The normalized spacial score (nSPS) is 17.3. The van der Waals surface area contributed by atoms with Crippen molar-refractivity contribution >= 4 is 5.91 Å². The Labute approximate surface area is 150 Å². The molecule has 134 valence electrons. The molecule has 1 aliphatic rings. The Morgan fingerprint density at radius 1 is 1.24 bits per heavy atom. The molecule has 0 aliphatic carbocycles. The lowest BCUT2D eigenvalue weighted by molar-refractivity contribution is -0.125. The van der Waals surface area contributed by atoms with Gasteiger partial charge in [-0.05, 0) is 49.1 Å². The van der Waals surface area contributed by atoms with E-state index in [1.54, 1.807) is 0 Å². The van der Waals surface area contributed by atoms with E-state index in [4.69, 9.17) is 0 Å². The molecule has 25 heavy (non-hydrogen) atoms. The molecule has 3 heterocycles. The summed E-state index contributed by atoms with van der Waals surface area (Å²) in [6, 6.07) is 8.30. The minimum absolute atomic E-state index is 0.0881. The zero-order valence-electron chi connectivity index (χ0n) is 15.0. The number of carbonyl (C=O) groups excluding carboxylic acids is 1. The molecule has 0 aromatic carbocycles. The van der Waals surface area contributed by atoms with Crippen molar-refractivity contribution in [2.45, 2.75) is 51.2 Å². The molecule has 0 radical (unpaired) electrons. The predicted molar refractivity (Wildman–Crippen MR) is 99.1 cm³/mol. The number of likely N-dealkylation sites (tertiary alicyclic amines) is 1. The molecule has 0 unspecified atom stereocenters. The van der Waals surface area contributed by atoms with Crippen LogP contribution in [0.2, 0.25) is 0 Å². The van der Waals surface area contributed by atoms with Crippen LogP contribution < -0.4 is 5.32 Å². The van der Waals surface area contributed by atoms with E-state index in [0.717, 1.165) is 45.3 Å². The van der Waals surface area contributed by atoms with Gasteiger partial charge in [-0.15, -0.1) is 0 Å². The maximum Gasteiger partial charge on any atom is 0.243 e. The van der Waals surface area contributed by atoms with Crippen molar-refractivity contribution in [3.8, 4) is 0 Å². The van der Waals surface area contributed by atoms with Crippen LogP contribution in [0.25, 0.3) is 0 Å². The van der Waals surface area contributed by atoms with Gasteiger partial charge in [0.25, 0.3) is 0 Å². The molecule has 1 atom stereocenters. The molecule has 1 fully saturated rings. The van der Waals surface area contributed by atoms with Gasteiger partial charge in [0.2, 0.25) is 5.91 Å². The third kappa shape index (κ3) is 4.92. The van der Waals surface area contributed by atoms with Crippen LogP contribution in [0.5, 0.6) is 0 Å². The lowest BCUT2D eigenvalue weighted by Gasteiger charge is -2.33. The van der Waals surface area contributed by atoms with E-state index in [2.05, 4.69) is 34.3 Å². The molecule has 5 nitrogen and oxygen atoms in total. The smallest absolute Gasteiger partial charge is 0.243 e. The Morgan fingerprint density at radius 2 is 1.92 bits per heavy atom. The molecule has 1 N–H and O–H groups in total. The zero-order chi connectivity index (χ0) is 17.5. The molecule has 0 saturated carbocycles. The van der Waals surface area contributed by atoms with Crippen LogP contribution >= 0.6 is 0 Å². The molecule has 1 aliphatic heterocycles. The van der Waals surface area contributed by atoms with Gasteiger partial charge in [-0.2, -0.15) is 0 Å². The van der Waals surface area contributed by atoms with E-state index in [9.17, 15) is 4.79 Å². The average molecular weight is 340 g/mol. The van der Waals surface area contributed by atoms with Crippen molar-refractivity contribution in [3.63, 3.8) is 0 Å². The monoisotopic (exact) mass is 340 g/mol. The van der Waals surface area contributed by atoms with Crippen molar-refractivity contribution in [1.82, 2.24) is 19.8 Å². The first-order valence-corrected chi connectivity index (χ1v) is 9.30. The number of nitrogens with zero attached hydrogens (tertiary/aromatic N) is 3. The average Bonchev–Trinajstić information content (AvgIpc) is 3.16. The maximum absolute atomic E-state index is 12.7. The summed E-state index contributed by atoms with van der Waals surface area (Å²) in [5.41, 5.74) is 1.30. The second kappa shape index (κ2) is 8.81. The molecule has 3 rings (SSSR count). The van der Waals surface area contributed by atoms with Gasteiger partial charge in [0.05, 0.1) is 0 Å². The van der Waals surface area contributed by atoms with Crippen molar-refractivity contribution in [3.05, 3.63) is 54.6 Å².